The summed E-state index contributed by atoms with van der Waals surface area (Å²) in [4.78, 5) is 26.2. The number of rotatable bonds is 9. The highest BCUT2D eigenvalue weighted by molar-refractivity contribution is 5.98. The van der Waals surface area contributed by atoms with Gasteiger partial charge in [0.2, 0.25) is 5.91 Å². The summed E-state index contributed by atoms with van der Waals surface area (Å²) >= 11 is 0. The van der Waals surface area contributed by atoms with Gasteiger partial charge in [-0.2, -0.15) is 0 Å². The third-order valence-corrected chi connectivity index (χ3v) is 6.57. The van der Waals surface area contributed by atoms with Crippen LogP contribution in [0, 0.1) is 6.92 Å². The third-order valence-electron chi connectivity index (χ3n) is 6.57. The van der Waals surface area contributed by atoms with Gasteiger partial charge >= 0.3 is 6.09 Å². The number of anilines is 1. The molecule has 3 atom stereocenters. The van der Waals surface area contributed by atoms with Gasteiger partial charge in [-0.1, -0.05) is 78.9 Å². The zero-order chi connectivity index (χ0) is 26.0. The maximum absolute atomic E-state index is 13.8. The number of morpholine rings is 1. The summed E-state index contributed by atoms with van der Waals surface area (Å²) in [5, 5.41) is 9.20. The Kier molecular flexibility index (Phi) is 9.29. The first-order chi connectivity index (χ1) is 18.0. The van der Waals surface area contributed by atoms with E-state index in [9.17, 15) is 9.59 Å². The van der Waals surface area contributed by atoms with Crippen LogP contribution in [0.25, 0.3) is 0 Å². The standard InChI is InChI=1S/C30H34N3O4/c1-21-20-37-25(19-31-21)18-17-22-11-9-10-16-26(22)32-29(34)28(33-30(35)36-2)27(23-12-5-3-6-13-23)24-14-7-4-8-15-24/h3-16,21,25,27-28,31H,1,17-20H2,2H3,(H,32,34)(H,33,35)/t21-,25+,28-/m0/s1. The average molecular weight is 501 g/mol. The maximum Gasteiger partial charge on any atom is 0.407 e. The molecule has 193 valence electrons. The minimum Gasteiger partial charge on any atom is -0.453 e. The van der Waals surface area contributed by atoms with Crippen LogP contribution in [0.4, 0.5) is 10.5 Å². The molecule has 7 nitrogen and oxygen atoms in total. The second kappa shape index (κ2) is 13.0. The highest BCUT2D eigenvalue weighted by atomic mass is 16.5. The molecule has 0 saturated carbocycles. The molecule has 1 saturated heterocycles. The minimum atomic E-state index is -0.912. The Morgan fingerprint density at radius 2 is 1.62 bits per heavy atom. The lowest BCUT2D eigenvalue weighted by Gasteiger charge is -2.29. The molecule has 3 N–H and O–H groups in total. The van der Waals surface area contributed by atoms with Gasteiger partial charge < -0.3 is 25.4 Å². The van der Waals surface area contributed by atoms with E-state index in [0.29, 0.717) is 12.3 Å². The fraction of sp³-hybridized carbons (Fsp3) is 0.300. The molecular weight excluding hydrogens is 466 g/mol. The molecule has 0 spiro atoms. The number of alkyl carbamates (subject to hydrolysis) is 1. The predicted molar refractivity (Wildman–Crippen MR) is 144 cm³/mol. The Balaban J connectivity index is 1.58. The number of carbonyl (C=O) groups is 2. The molecule has 0 aliphatic carbocycles. The second-order valence-electron chi connectivity index (χ2n) is 9.16. The van der Waals surface area contributed by atoms with E-state index in [0.717, 1.165) is 36.1 Å². The van der Waals surface area contributed by atoms with E-state index in [1.165, 1.54) is 7.11 Å². The van der Waals surface area contributed by atoms with Crippen molar-refractivity contribution in [3.05, 3.63) is 109 Å². The van der Waals surface area contributed by atoms with E-state index in [4.69, 9.17) is 9.47 Å². The van der Waals surface area contributed by atoms with Gasteiger partial charge in [0.1, 0.15) is 6.04 Å². The molecule has 4 rings (SSSR count). The van der Waals surface area contributed by atoms with Crippen LogP contribution in [0.3, 0.4) is 0 Å². The number of hydrogen-bond donors (Lipinski definition) is 3. The molecule has 1 aliphatic heterocycles. The molecule has 37 heavy (non-hydrogen) atoms. The van der Waals surface area contributed by atoms with Gasteiger partial charge in [0, 0.05) is 24.2 Å². The Hall–Kier alpha value is -3.68. The van der Waals surface area contributed by atoms with Crippen LogP contribution in [0.2, 0.25) is 0 Å². The van der Waals surface area contributed by atoms with Gasteiger partial charge in [0.05, 0.1) is 19.8 Å². The van der Waals surface area contributed by atoms with Crippen molar-refractivity contribution in [3.8, 4) is 0 Å². The quantitative estimate of drug-likeness (QED) is 0.408. The van der Waals surface area contributed by atoms with Gasteiger partial charge in [0.15, 0.2) is 0 Å². The molecule has 0 unspecified atom stereocenters. The summed E-state index contributed by atoms with van der Waals surface area (Å²) in [6.07, 6.45) is 0.972. The zero-order valence-electron chi connectivity index (χ0n) is 21.1. The third kappa shape index (κ3) is 7.18. The Morgan fingerprint density at radius 3 is 2.22 bits per heavy atom. The van der Waals surface area contributed by atoms with Crippen molar-refractivity contribution < 1.29 is 19.1 Å². The minimum absolute atomic E-state index is 0.0936. The SMILES string of the molecule is [CH2][C@H]1CO[C@H](CCc2ccccc2NC(=O)[C@@H](NC(=O)OC)C(c2ccccc2)c2ccccc2)CN1. The van der Waals surface area contributed by atoms with Crippen molar-refractivity contribution in [1.82, 2.24) is 10.6 Å². The molecule has 7 heteroatoms. The van der Waals surface area contributed by atoms with Crippen LogP contribution in [-0.2, 0) is 20.7 Å². The maximum atomic E-state index is 13.8. The summed E-state index contributed by atoms with van der Waals surface area (Å²) in [6, 6.07) is 26.3. The van der Waals surface area contributed by atoms with Crippen molar-refractivity contribution >= 4 is 17.7 Å². The second-order valence-corrected chi connectivity index (χ2v) is 9.16. The largest absolute Gasteiger partial charge is 0.453 e. The summed E-state index contributed by atoms with van der Waals surface area (Å²) in [5.41, 5.74) is 3.53. The number of methoxy groups -OCH3 is 1. The molecule has 2 amide bonds. The number of ether oxygens (including phenoxy) is 2. The topological polar surface area (TPSA) is 88.7 Å². The predicted octanol–water partition coefficient (Wildman–Crippen LogP) is 4.31. The van der Waals surface area contributed by atoms with Crippen molar-refractivity contribution in [2.45, 2.75) is 36.9 Å². The normalized spacial score (nSPS) is 18.1. The fourth-order valence-electron chi connectivity index (χ4n) is 4.63. The molecule has 0 bridgehead atoms. The number of amides is 2. The van der Waals surface area contributed by atoms with Crippen LogP contribution in [0.5, 0.6) is 0 Å². The first-order valence-electron chi connectivity index (χ1n) is 12.6. The van der Waals surface area contributed by atoms with E-state index in [1.54, 1.807) is 0 Å². The molecule has 1 radical (unpaired) electrons. The van der Waals surface area contributed by atoms with E-state index in [2.05, 4.69) is 22.9 Å². The first-order valence-corrected chi connectivity index (χ1v) is 12.6. The highest BCUT2D eigenvalue weighted by Gasteiger charge is 2.33. The average Bonchev–Trinajstić information content (AvgIpc) is 2.94. The fourth-order valence-corrected chi connectivity index (χ4v) is 4.63. The monoisotopic (exact) mass is 500 g/mol. The lowest BCUT2D eigenvalue weighted by atomic mass is 9.84. The number of aryl methyl sites for hydroxylation is 1. The summed E-state index contributed by atoms with van der Waals surface area (Å²) < 4.78 is 10.8. The number of para-hydroxylation sites is 1. The smallest absolute Gasteiger partial charge is 0.407 e. The molecule has 1 aliphatic rings. The van der Waals surface area contributed by atoms with Gasteiger partial charge in [-0.15, -0.1) is 0 Å². The summed E-state index contributed by atoms with van der Waals surface area (Å²) in [5.74, 6) is -0.753. The highest BCUT2D eigenvalue weighted by Crippen LogP contribution is 2.30. The Bertz CT molecular complexity index is 1110. The Morgan fingerprint density at radius 1 is 1.00 bits per heavy atom. The van der Waals surface area contributed by atoms with E-state index >= 15 is 0 Å². The van der Waals surface area contributed by atoms with Crippen LogP contribution < -0.4 is 16.0 Å². The number of nitrogens with one attached hydrogen (secondary N) is 3. The van der Waals surface area contributed by atoms with Crippen molar-refractivity contribution in [1.29, 1.82) is 0 Å². The zero-order valence-corrected chi connectivity index (χ0v) is 21.1. The van der Waals surface area contributed by atoms with E-state index < -0.39 is 18.1 Å². The van der Waals surface area contributed by atoms with Crippen LogP contribution in [0.15, 0.2) is 84.9 Å². The summed E-state index contributed by atoms with van der Waals surface area (Å²) in [7, 11) is 1.29. The van der Waals surface area contributed by atoms with E-state index in [-0.39, 0.29) is 18.1 Å². The number of carbonyl (C=O) groups excluding carboxylic acids is 2. The van der Waals surface area contributed by atoms with Gasteiger partial charge in [-0.05, 0) is 42.5 Å². The Labute approximate surface area is 218 Å². The number of hydrogen-bond acceptors (Lipinski definition) is 5. The van der Waals surface area contributed by atoms with Gasteiger partial charge in [-0.25, -0.2) is 4.79 Å². The summed E-state index contributed by atoms with van der Waals surface area (Å²) in [6.45, 7) is 5.32. The van der Waals surface area contributed by atoms with Crippen molar-refractivity contribution in [3.63, 3.8) is 0 Å². The molecular formula is C30H34N3O4. The lowest BCUT2D eigenvalue weighted by Crippen LogP contribution is -2.48. The van der Waals surface area contributed by atoms with E-state index in [1.807, 2.05) is 84.9 Å². The van der Waals surface area contributed by atoms with Crippen LogP contribution in [-0.4, -0.2) is 50.4 Å². The first kappa shape index (κ1) is 26.4. The van der Waals surface area contributed by atoms with Crippen LogP contribution >= 0.6 is 0 Å². The molecule has 1 fully saturated rings. The van der Waals surface area contributed by atoms with Gasteiger partial charge in [-0.3, -0.25) is 4.79 Å². The molecule has 1 heterocycles. The number of benzene rings is 3. The van der Waals surface area contributed by atoms with Crippen molar-refractivity contribution in [2.75, 3.05) is 25.6 Å². The molecule has 3 aromatic rings. The lowest BCUT2D eigenvalue weighted by molar-refractivity contribution is -0.118. The molecule has 0 aromatic heterocycles. The molecule has 3 aromatic carbocycles. The van der Waals surface area contributed by atoms with Crippen molar-refractivity contribution in [2.24, 2.45) is 0 Å². The van der Waals surface area contributed by atoms with Gasteiger partial charge in [0.25, 0.3) is 0 Å². The van der Waals surface area contributed by atoms with Crippen LogP contribution in [0.1, 0.15) is 29.0 Å².